The smallest absolute Gasteiger partial charge is 0.408 e. The van der Waals surface area contributed by atoms with Gasteiger partial charge in [-0.1, -0.05) is 58.0 Å². The SMILES string of the molecule is COc1cc2c(cc1OC)C1CC(OC(=O)[C@H](NC(=O)OCc3ccccc3)C(C)C)[C@H](CC(C)C)CN1CC2. The van der Waals surface area contributed by atoms with Crippen LogP contribution in [0.25, 0.3) is 0 Å². The predicted molar refractivity (Wildman–Crippen MR) is 153 cm³/mol. The van der Waals surface area contributed by atoms with Crippen molar-refractivity contribution in [3.05, 3.63) is 59.2 Å². The molecule has 0 saturated carbocycles. The molecular formula is C32H44N2O6. The molecular weight excluding hydrogens is 508 g/mol. The van der Waals surface area contributed by atoms with Gasteiger partial charge in [-0.3, -0.25) is 4.90 Å². The summed E-state index contributed by atoms with van der Waals surface area (Å²) < 4.78 is 22.8. The normalized spacial score (nSPS) is 21.2. The number of nitrogens with zero attached hydrogens (tertiary/aromatic N) is 1. The average Bonchev–Trinajstić information content (AvgIpc) is 2.94. The van der Waals surface area contributed by atoms with Gasteiger partial charge in [-0.15, -0.1) is 0 Å². The van der Waals surface area contributed by atoms with E-state index in [0.29, 0.717) is 18.1 Å². The minimum Gasteiger partial charge on any atom is -0.493 e. The number of carbonyl (C=O) groups excluding carboxylic acids is 2. The van der Waals surface area contributed by atoms with Crippen LogP contribution in [0.5, 0.6) is 11.5 Å². The van der Waals surface area contributed by atoms with E-state index in [-0.39, 0.29) is 30.6 Å². The van der Waals surface area contributed by atoms with E-state index < -0.39 is 18.1 Å². The third kappa shape index (κ3) is 7.08. The van der Waals surface area contributed by atoms with Crippen molar-refractivity contribution in [3.63, 3.8) is 0 Å². The molecule has 2 unspecified atom stereocenters. The molecule has 8 heteroatoms. The van der Waals surface area contributed by atoms with E-state index >= 15 is 0 Å². The van der Waals surface area contributed by atoms with E-state index in [1.54, 1.807) is 14.2 Å². The summed E-state index contributed by atoms with van der Waals surface area (Å²) >= 11 is 0. The number of alkyl carbamates (subject to hydrolysis) is 1. The fraction of sp³-hybridized carbons (Fsp3) is 0.562. The van der Waals surface area contributed by atoms with Gasteiger partial charge in [0.25, 0.3) is 0 Å². The van der Waals surface area contributed by atoms with E-state index in [1.165, 1.54) is 11.1 Å². The van der Waals surface area contributed by atoms with Crippen molar-refractivity contribution in [2.45, 2.75) is 71.8 Å². The standard InChI is InChI=1S/C32H44N2O6/c1-20(2)14-24-18-34-13-12-23-15-28(37-5)29(38-6)16-25(23)26(34)17-27(24)40-31(35)30(21(3)4)33-32(36)39-19-22-10-8-7-9-11-22/h7-11,15-16,20-21,24,26-27,30H,12-14,17-19H2,1-6H3,(H,33,36)/t24-,26?,27?,30-/m1/s1. The Morgan fingerprint density at radius 2 is 1.73 bits per heavy atom. The molecule has 2 aromatic carbocycles. The summed E-state index contributed by atoms with van der Waals surface area (Å²) in [6.45, 7) is 10.1. The quantitative estimate of drug-likeness (QED) is 0.388. The first kappa shape index (κ1) is 29.7. The lowest BCUT2D eigenvalue weighted by Crippen LogP contribution is -2.52. The molecule has 2 aliphatic rings. The second-order valence-electron chi connectivity index (χ2n) is 11.7. The fourth-order valence-electron chi connectivity index (χ4n) is 5.99. The summed E-state index contributed by atoms with van der Waals surface area (Å²) in [5, 5.41) is 2.75. The van der Waals surface area contributed by atoms with Gasteiger partial charge >= 0.3 is 12.1 Å². The molecule has 0 spiro atoms. The Morgan fingerprint density at radius 3 is 2.38 bits per heavy atom. The number of rotatable bonds is 10. The van der Waals surface area contributed by atoms with Crippen LogP contribution in [0.15, 0.2) is 42.5 Å². The molecule has 0 bridgehead atoms. The topological polar surface area (TPSA) is 86.3 Å². The van der Waals surface area contributed by atoms with Crippen LogP contribution < -0.4 is 14.8 Å². The van der Waals surface area contributed by atoms with E-state index in [9.17, 15) is 9.59 Å². The minimum absolute atomic E-state index is 0.117. The van der Waals surface area contributed by atoms with Crippen molar-refractivity contribution in [2.24, 2.45) is 17.8 Å². The molecule has 2 aromatic rings. The zero-order chi connectivity index (χ0) is 28.8. The van der Waals surface area contributed by atoms with Crippen molar-refractivity contribution in [1.82, 2.24) is 10.2 Å². The molecule has 2 heterocycles. The highest BCUT2D eigenvalue weighted by Crippen LogP contribution is 2.44. The van der Waals surface area contributed by atoms with Gasteiger partial charge < -0.3 is 24.3 Å². The number of benzene rings is 2. The Bertz CT molecular complexity index is 1150. The van der Waals surface area contributed by atoms with Crippen LogP contribution in [0.3, 0.4) is 0 Å². The molecule has 1 fully saturated rings. The molecule has 218 valence electrons. The molecule has 0 aromatic heterocycles. The van der Waals surface area contributed by atoms with Gasteiger partial charge in [0.15, 0.2) is 11.5 Å². The van der Waals surface area contributed by atoms with Gasteiger partial charge in [0, 0.05) is 31.5 Å². The van der Waals surface area contributed by atoms with Gasteiger partial charge in [0.05, 0.1) is 14.2 Å². The van der Waals surface area contributed by atoms with Crippen LogP contribution in [0.2, 0.25) is 0 Å². The number of piperidine rings is 1. The minimum atomic E-state index is -0.802. The van der Waals surface area contributed by atoms with E-state index in [0.717, 1.165) is 37.2 Å². The third-order valence-corrected chi connectivity index (χ3v) is 8.01. The summed E-state index contributed by atoms with van der Waals surface area (Å²) in [6, 6.07) is 12.9. The molecule has 1 N–H and O–H groups in total. The molecule has 2 aliphatic heterocycles. The molecule has 0 radical (unpaired) electrons. The number of fused-ring (bicyclic) bond motifs is 3. The van der Waals surface area contributed by atoms with Crippen LogP contribution in [-0.4, -0.2) is 56.4 Å². The van der Waals surface area contributed by atoms with Crippen molar-refractivity contribution >= 4 is 12.1 Å². The summed E-state index contributed by atoms with van der Waals surface area (Å²) in [5.41, 5.74) is 3.33. The monoisotopic (exact) mass is 552 g/mol. The van der Waals surface area contributed by atoms with Crippen molar-refractivity contribution in [3.8, 4) is 11.5 Å². The van der Waals surface area contributed by atoms with Crippen molar-refractivity contribution in [1.29, 1.82) is 0 Å². The van der Waals surface area contributed by atoms with Crippen LogP contribution >= 0.6 is 0 Å². The maximum atomic E-state index is 13.5. The zero-order valence-electron chi connectivity index (χ0n) is 24.6. The van der Waals surface area contributed by atoms with Gasteiger partial charge in [0.2, 0.25) is 0 Å². The van der Waals surface area contributed by atoms with E-state index in [1.807, 2.05) is 44.2 Å². The van der Waals surface area contributed by atoms with Crippen molar-refractivity contribution < 1.29 is 28.5 Å². The lowest BCUT2D eigenvalue weighted by Gasteiger charge is -2.47. The van der Waals surface area contributed by atoms with Gasteiger partial charge in [0.1, 0.15) is 18.8 Å². The Balaban J connectivity index is 1.49. The number of hydrogen-bond acceptors (Lipinski definition) is 7. The number of carbonyl (C=O) groups is 2. The fourth-order valence-corrected chi connectivity index (χ4v) is 5.99. The van der Waals surface area contributed by atoms with E-state index in [2.05, 4.69) is 36.2 Å². The Hall–Kier alpha value is -3.26. The molecule has 1 saturated heterocycles. The number of hydrogen-bond donors (Lipinski definition) is 1. The second kappa shape index (κ2) is 13.4. The van der Waals surface area contributed by atoms with Crippen LogP contribution in [-0.2, 0) is 27.3 Å². The zero-order valence-corrected chi connectivity index (χ0v) is 24.6. The first-order valence-electron chi connectivity index (χ1n) is 14.4. The second-order valence-corrected chi connectivity index (χ2v) is 11.7. The number of esters is 1. The molecule has 4 atom stereocenters. The molecule has 0 aliphatic carbocycles. The first-order valence-corrected chi connectivity index (χ1v) is 14.4. The Labute approximate surface area is 238 Å². The largest absolute Gasteiger partial charge is 0.493 e. The number of ether oxygens (including phenoxy) is 4. The number of amides is 1. The maximum absolute atomic E-state index is 13.5. The average molecular weight is 553 g/mol. The van der Waals surface area contributed by atoms with E-state index in [4.69, 9.17) is 18.9 Å². The lowest BCUT2D eigenvalue weighted by atomic mass is 9.79. The van der Waals surface area contributed by atoms with Crippen LogP contribution in [0.4, 0.5) is 4.79 Å². The Morgan fingerprint density at radius 1 is 1.02 bits per heavy atom. The van der Waals surface area contributed by atoms with Crippen molar-refractivity contribution in [2.75, 3.05) is 27.3 Å². The van der Waals surface area contributed by atoms with Gasteiger partial charge in [-0.25, -0.2) is 9.59 Å². The van der Waals surface area contributed by atoms with Crippen LogP contribution in [0, 0.1) is 17.8 Å². The highest BCUT2D eigenvalue weighted by molar-refractivity contribution is 5.81. The lowest BCUT2D eigenvalue weighted by molar-refractivity contribution is -0.161. The van der Waals surface area contributed by atoms with Gasteiger partial charge in [-0.05, 0) is 53.5 Å². The maximum Gasteiger partial charge on any atom is 0.408 e. The number of methoxy groups -OCH3 is 2. The summed E-state index contributed by atoms with van der Waals surface area (Å²) in [5.74, 6) is 1.54. The van der Waals surface area contributed by atoms with Crippen LogP contribution in [0.1, 0.15) is 63.3 Å². The summed E-state index contributed by atoms with van der Waals surface area (Å²) in [7, 11) is 3.31. The molecule has 4 rings (SSSR count). The van der Waals surface area contributed by atoms with Gasteiger partial charge in [-0.2, -0.15) is 0 Å². The summed E-state index contributed by atoms with van der Waals surface area (Å²) in [6.07, 6.45) is 1.69. The molecule has 8 nitrogen and oxygen atoms in total. The third-order valence-electron chi connectivity index (χ3n) is 8.01. The molecule has 1 amide bonds. The Kier molecular flexibility index (Phi) is 9.95. The number of nitrogens with one attached hydrogen (secondary N) is 1. The first-order chi connectivity index (χ1) is 19.2. The molecule has 40 heavy (non-hydrogen) atoms. The highest BCUT2D eigenvalue weighted by Gasteiger charge is 2.42. The summed E-state index contributed by atoms with van der Waals surface area (Å²) in [4.78, 5) is 28.7. The predicted octanol–water partition coefficient (Wildman–Crippen LogP) is 5.53. The highest BCUT2D eigenvalue weighted by atomic mass is 16.6.